The summed E-state index contributed by atoms with van der Waals surface area (Å²) in [5.74, 6) is -0.293. The van der Waals surface area contributed by atoms with E-state index in [1.54, 1.807) is 24.3 Å². The van der Waals surface area contributed by atoms with Gasteiger partial charge in [-0.2, -0.15) is 0 Å². The maximum Gasteiger partial charge on any atom is 0.253 e. The van der Waals surface area contributed by atoms with Crippen molar-refractivity contribution in [3.8, 4) is 0 Å². The molecule has 4 N–H and O–H groups in total. The Kier molecular flexibility index (Phi) is 4.63. The van der Waals surface area contributed by atoms with E-state index >= 15 is 0 Å². The van der Waals surface area contributed by atoms with Crippen LogP contribution in [-0.4, -0.2) is 24.4 Å². The fraction of sp³-hybridized carbons (Fsp3) is 0.500. The van der Waals surface area contributed by atoms with Gasteiger partial charge in [0.25, 0.3) is 5.91 Å². The van der Waals surface area contributed by atoms with Gasteiger partial charge in [-0.05, 0) is 38.3 Å². The number of nitrogens with one attached hydrogen (secondary N) is 2. The number of carbonyl (C=O) groups is 2. The van der Waals surface area contributed by atoms with Gasteiger partial charge in [0.2, 0.25) is 5.91 Å². The van der Waals surface area contributed by atoms with Gasteiger partial charge >= 0.3 is 0 Å². The molecule has 0 aliphatic heterocycles. The van der Waals surface area contributed by atoms with Gasteiger partial charge in [-0.15, -0.1) is 0 Å². The van der Waals surface area contributed by atoms with Crippen LogP contribution in [0.5, 0.6) is 0 Å². The van der Waals surface area contributed by atoms with E-state index in [0.29, 0.717) is 17.7 Å². The molecule has 0 saturated heterocycles. The summed E-state index contributed by atoms with van der Waals surface area (Å²) in [5, 5.41) is 5.78. The lowest BCUT2D eigenvalue weighted by Gasteiger charge is -2.25. The molecule has 1 unspecified atom stereocenters. The highest BCUT2D eigenvalue weighted by Gasteiger charge is 2.31. The van der Waals surface area contributed by atoms with Gasteiger partial charge in [-0.1, -0.05) is 19.1 Å². The number of carbonyl (C=O) groups excluding carboxylic acids is 2. The highest BCUT2D eigenvalue weighted by Crippen LogP contribution is 2.25. The Morgan fingerprint density at radius 2 is 2.00 bits per heavy atom. The number of amides is 2. The van der Waals surface area contributed by atoms with Crippen molar-refractivity contribution in [3.05, 3.63) is 29.8 Å². The number of hydrogen-bond acceptors (Lipinski definition) is 3. The van der Waals surface area contributed by atoms with Crippen LogP contribution in [0.3, 0.4) is 0 Å². The number of hydrogen-bond donors (Lipinski definition) is 3. The molecule has 1 aliphatic carbocycles. The van der Waals surface area contributed by atoms with Crippen LogP contribution in [-0.2, 0) is 4.79 Å². The van der Waals surface area contributed by atoms with Crippen LogP contribution >= 0.6 is 0 Å². The first-order valence-corrected chi connectivity index (χ1v) is 7.41. The van der Waals surface area contributed by atoms with Crippen molar-refractivity contribution in [1.82, 2.24) is 5.32 Å². The van der Waals surface area contributed by atoms with E-state index < -0.39 is 5.41 Å². The molecule has 1 fully saturated rings. The molecular weight excluding hydrogens is 266 g/mol. The van der Waals surface area contributed by atoms with Crippen molar-refractivity contribution in [2.24, 2.45) is 11.1 Å². The second kappa shape index (κ2) is 6.26. The van der Waals surface area contributed by atoms with E-state index in [-0.39, 0.29) is 24.4 Å². The lowest BCUT2D eigenvalue weighted by molar-refractivity contribution is -0.124. The molecule has 5 nitrogen and oxygen atoms in total. The number of rotatable bonds is 6. The Hall–Kier alpha value is -1.88. The molecule has 5 heteroatoms. The van der Waals surface area contributed by atoms with Crippen LogP contribution in [0.4, 0.5) is 5.69 Å². The van der Waals surface area contributed by atoms with Gasteiger partial charge in [-0.3, -0.25) is 9.59 Å². The van der Waals surface area contributed by atoms with Crippen LogP contribution < -0.4 is 16.4 Å². The summed E-state index contributed by atoms with van der Waals surface area (Å²) < 4.78 is 0. The summed E-state index contributed by atoms with van der Waals surface area (Å²) in [6.45, 7) is 4.03. The summed E-state index contributed by atoms with van der Waals surface area (Å²) in [6.07, 6.45) is 2.70. The smallest absolute Gasteiger partial charge is 0.253 e. The number of para-hydroxylation sites is 1. The normalized spacial score (nSPS) is 16.9. The molecule has 1 aromatic rings. The molecule has 0 heterocycles. The van der Waals surface area contributed by atoms with Crippen molar-refractivity contribution >= 4 is 17.5 Å². The second-order valence-electron chi connectivity index (χ2n) is 5.87. The first-order valence-electron chi connectivity index (χ1n) is 7.41. The minimum Gasteiger partial charge on any atom is -0.349 e. The minimum atomic E-state index is -0.625. The number of anilines is 1. The quantitative estimate of drug-likeness (QED) is 0.747. The highest BCUT2D eigenvalue weighted by atomic mass is 16.2. The van der Waals surface area contributed by atoms with Crippen molar-refractivity contribution in [1.29, 1.82) is 0 Å². The van der Waals surface area contributed by atoms with E-state index in [4.69, 9.17) is 5.73 Å². The molecule has 1 saturated carbocycles. The SMILES string of the molecule is CCC(C)(CN)C(=O)Nc1ccccc1C(=O)NC1CC1. The third-order valence-electron chi connectivity index (χ3n) is 4.11. The maximum atomic E-state index is 12.4. The average Bonchev–Trinajstić information content (AvgIpc) is 3.30. The predicted octanol–water partition coefficient (Wildman–Crippen LogP) is 1.89. The van der Waals surface area contributed by atoms with Gasteiger partial charge in [0.05, 0.1) is 16.7 Å². The van der Waals surface area contributed by atoms with Gasteiger partial charge in [0.1, 0.15) is 0 Å². The molecule has 2 amide bonds. The zero-order valence-electron chi connectivity index (χ0n) is 12.6. The largest absolute Gasteiger partial charge is 0.349 e. The molecule has 1 atom stereocenters. The second-order valence-corrected chi connectivity index (χ2v) is 5.87. The van der Waals surface area contributed by atoms with Crippen molar-refractivity contribution in [3.63, 3.8) is 0 Å². The number of benzene rings is 1. The van der Waals surface area contributed by atoms with Crippen LogP contribution in [0.25, 0.3) is 0 Å². The summed E-state index contributed by atoms with van der Waals surface area (Å²) in [4.78, 5) is 24.6. The summed E-state index contributed by atoms with van der Waals surface area (Å²) in [7, 11) is 0. The fourth-order valence-corrected chi connectivity index (χ4v) is 1.95. The lowest BCUT2D eigenvalue weighted by Crippen LogP contribution is -2.40. The molecule has 114 valence electrons. The van der Waals surface area contributed by atoms with E-state index in [0.717, 1.165) is 12.8 Å². The zero-order valence-corrected chi connectivity index (χ0v) is 12.6. The van der Waals surface area contributed by atoms with E-state index in [1.807, 2.05) is 13.8 Å². The van der Waals surface area contributed by atoms with Crippen molar-refractivity contribution < 1.29 is 9.59 Å². The lowest BCUT2D eigenvalue weighted by atomic mass is 9.86. The van der Waals surface area contributed by atoms with E-state index in [1.165, 1.54) is 0 Å². The Balaban J connectivity index is 2.16. The van der Waals surface area contributed by atoms with Gasteiger partial charge < -0.3 is 16.4 Å². The summed E-state index contributed by atoms with van der Waals surface area (Å²) in [6, 6.07) is 7.34. The standard InChI is InChI=1S/C16H23N3O2/c1-3-16(2,10-17)15(21)19-13-7-5-4-6-12(13)14(20)18-11-8-9-11/h4-7,11H,3,8-10,17H2,1-2H3,(H,18,20)(H,19,21). The Labute approximate surface area is 125 Å². The molecular formula is C16H23N3O2. The third-order valence-corrected chi connectivity index (χ3v) is 4.11. The average molecular weight is 289 g/mol. The highest BCUT2D eigenvalue weighted by molar-refractivity contribution is 6.05. The predicted molar refractivity (Wildman–Crippen MR) is 83.0 cm³/mol. The molecule has 21 heavy (non-hydrogen) atoms. The zero-order chi connectivity index (χ0) is 15.5. The Morgan fingerprint density at radius 1 is 1.33 bits per heavy atom. The summed E-state index contributed by atoms with van der Waals surface area (Å²) in [5.41, 5.74) is 6.11. The van der Waals surface area contributed by atoms with Crippen molar-refractivity contribution in [2.75, 3.05) is 11.9 Å². The van der Waals surface area contributed by atoms with Crippen LogP contribution in [0, 0.1) is 5.41 Å². The fourth-order valence-electron chi connectivity index (χ4n) is 1.95. The molecule has 0 aromatic heterocycles. The van der Waals surface area contributed by atoms with Crippen LogP contribution in [0.15, 0.2) is 24.3 Å². The van der Waals surface area contributed by atoms with Crippen molar-refractivity contribution in [2.45, 2.75) is 39.2 Å². The molecule has 0 radical (unpaired) electrons. The van der Waals surface area contributed by atoms with Crippen LogP contribution in [0.2, 0.25) is 0 Å². The molecule has 0 spiro atoms. The van der Waals surface area contributed by atoms with Gasteiger partial charge in [0.15, 0.2) is 0 Å². The number of nitrogens with two attached hydrogens (primary N) is 1. The van der Waals surface area contributed by atoms with Gasteiger partial charge in [-0.25, -0.2) is 0 Å². The van der Waals surface area contributed by atoms with E-state index in [9.17, 15) is 9.59 Å². The topological polar surface area (TPSA) is 84.2 Å². The monoisotopic (exact) mass is 289 g/mol. The molecule has 2 rings (SSSR count). The maximum absolute atomic E-state index is 12.4. The van der Waals surface area contributed by atoms with Gasteiger partial charge in [0, 0.05) is 12.6 Å². The summed E-state index contributed by atoms with van der Waals surface area (Å²) >= 11 is 0. The molecule has 0 bridgehead atoms. The minimum absolute atomic E-state index is 0.139. The first-order chi connectivity index (χ1) is 10.00. The van der Waals surface area contributed by atoms with E-state index in [2.05, 4.69) is 10.6 Å². The first kappa shape index (κ1) is 15.5. The molecule has 1 aromatic carbocycles. The third kappa shape index (κ3) is 3.61. The Bertz CT molecular complexity index is 534. The molecule has 1 aliphatic rings. The Morgan fingerprint density at radius 3 is 2.57 bits per heavy atom. The van der Waals surface area contributed by atoms with Crippen LogP contribution in [0.1, 0.15) is 43.5 Å².